The molecule has 0 bridgehead atoms. The SMILES string of the molecule is CNN1c2ccc(Cl)cc2C(c2ccccc2)C1C(C)=O. The maximum absolute atomic E-state index is 12.2. The van der Waals surface area contributed by atoms with Crippen LogP contribution in [0.2, 0.25) is 5.02 Å². The summed E-state index contributed by atoms with van der Waals surface area (Å²) in [5, 5.41) is 2.63. The molecule has 1 heterocycles. The van der Waals surface area contributed by atoms with Crippen LogP contribution in [0.25, 0.3) is 0 Å². The van der Waals surface area contributed by atoms with Crippen molar-refractivity contribution < 1.29 is 4.79 Å². The number of anilines is 1. The molecule has 0 radical (unpaired) electrons. The molecule has 3 rings (SSSR count). The topological polar surface area (TPSA) is 32.3 Å². The molecule has 21 heavy (non-hydrogen) atoms. The summed E-state index contributed by atoms with van der Waals surface area (Å²) in [6.45, 7) is 1.64. The average molecular weight is 301 g/mol. The van der Waals surface area contributed by atoms with Crippen molar-refractivity contribution in [2.75, 3.05) is 12.1 Å². The van der Waals surface area contributed by atoms with Gasteiger partial charge in [0.2, 0.25) is 0 Å². The highest BCUT2D eigenvalue weighted by molar-refractivity contribution is 6.30. The van der Waals surface area contributed by atoms with Gasteiger partial charge in [-0.3, -0.25) is 9.80 Å². The van der Waals surface area contributed by atoms with E-state index in [1.807, 2.05) is 48.5 Å². The number of hydrazine groups is 1. The minimum Gasteiger partial charge on any atom is -0.298 e. The summed E-state index contributed by atoms with van der Waals surface area (Å²) in [5.74, 6) is 0.121. The second-order valence-electron chi connectivity index (χ2n) is 5.24. The fourth-order valence-electron chi connectivity index (χ4n) is 3.16. The minimum atomic E-state index is -0.258. The predicted octanol–water partition coefficient (Wildman–Crippen LogP) is 3.38. The van der Waals surface area contributed by atoms with Crippen molar-refractivity contribution in [3.63, 3.8) is 0 Å². The quantitative estimate of drug-likeness (QED) is 0.943. The van der Waals surface area contributed by atoms with E-state index in [1.54, 1.807) is 6.92 Å². The lowest BCUT2D eigenvalue weighted by molar-refractivity contribution is -0.118. The predicted molar refractivity (Wildman–Crippen MR) is 85.7 cm³/mol. The molecule has 4 heteroatoms. The first-order valence-corrected chi connectivity index (χ1v) is 7.32. The first-order chi connectivity index (χ1) is 10.1. The molecule has 0 aliphatic carbocycles. The number of nitrogens with zero attached hydrogens (tertiary/aromatic N) is 1. The van der Waals surface area contributed by atoms with Crippen LogP contribution in [-0.4, -0.2) is 18.9 Å². The number of Topliss-reactive ketones (excluding diaryl/α,β-unsaturated/α-hetero) is 1. The first kappa shape index (κ1) is 14.1. The molecule has 0 spiro atoms. The maximum Gasteiger partial charge on any atom is 0.154 e. The Kier molecular flexibility index (Phi) is 3.70. The van der Waals surface area contributed by atoms with Crippen molar-refractivity contribution in [1.29, 1.82) is 0 Å². The van der Waals surface area contributed by atoms with Crippen molar-refractivity contribution >= 4 is 23.1 Å². The van der Waals surface area contributed by atoms with Crippen LogP contribution in [0.5, 0.6) is 0 Å². The molecular formula is C17H17ClN2O. The number of carbonyl (C=O) groups excluding carboxylic acids is 1. The van der Waals surface area contributed by atoms with Gasteiger partial charge in [-0.1, -0.05) is 41.9 Å². The lowest BCUT2D eigenvalue weighted by atomic mass is 9.86. The van der Waals surface area contributed by atoms with E-state index in [2.05, 4.69) is 17.6 Å². The van der Waals surface area contributed by atoms with Crippen LogP contribution >= 0.6 is 11.6 Å². The third-order valence-electron chi connectivity index (χ3n) is 3.99. The van der Waals surface area contributed by atoms with Gasteiger partial charge in [0.25, 0.3) is 0 Å². The molecule has 1 aliphatic heterocycles. The number of carbonyl (C=O) groups is 1. The Morgan fingerprint density at radius 2 is 1.90 bits per heavy atom. The summed E-state index contributed by atoms with van der Waals surface area (Å²) in [6, 6.07) is 15.6. The molecule has 0 saturated heterocycles. The number of hydrogen-bond acceptors (Lipinski definition) is 3. The highest BCUT2D eigenvalue weighted by Crippen LogP contribution is 2.44. The number of benzene rings is 2. The zero-order valence-corrected chi connectivity index (χ0v) is 12.8. The summed E-state index contributed by atoms with van der Waals surface area (Å²) in [6.07, 6.45) is 0. The van der Waals surface area contributed by atoms with Crippen LogP contribution in [-0.2, 0) is 4.79 Å². The van der Waals surface area contributed by atoms with E-state index in [1.165, 1.54) is 0 Å². The molecule has 2 unspecified atom stereocenters. The Hall–Kier alpha value is -1.84. The lowest BCUT2D eigenvalue weighted by Crippen LogP contribution is -2.46. The second-order valence-corrected chi connectivity index (χ2v) is 5.68. The van der Waals surface area contributed by atoms with Gasteiger partial charge in [-0.25, -0.2) is 5.43 Å². The van der Waals surface area contributed by atoms with E-state index in [0.29, 0.717) is 5.02 Å². The monoisotopic (exact) mass is 300 g/mol. The molecule has 0 saturated carbocycles. The zero-order valence-electron chi connectivity index (χ0n) is 12.0. The second kappa shape index (κ2) is 5.51. The summed E-state index contributed by atoms with van der Waals surface area (Å²) in [4.78, 5) is 12.2. The summed E-state index contributed by atoms with van der Waals surface area (Å²) >= 11 is 6.17. The highest BCUT2D eigenvalue weighted by atomic mass is 35.5. The van der Waals surface area contributed by atoms with Crippen molar-refractivity contribution in [2.45, 2.75) is 18.9 Å². The molecule has 2 aromatic rings. The number of hydrogen-bond donors (Lipinski definition) is 1. The van der Waals surface area contributed by atoms with Gasteiger partial charge >= 0.3 is 0 Å². The van der Waals surface area contributed by atoms with Crippen LogP contribution < -0.4 is 10.4 Å². The van der Waals surface area contributed by atoms with E-state index >= 15 is 0 Å². The molecular weight excluding hydrogens is 284 g/mol. The van der Waals surface area contributed by atoms with Gasteiger partial charge in [0.05, 0.1) is 5.69 Å². The number of nitrogens with one attached hydrogen (secondary N) is 1. The van der Waals surface area contributed by atoms with E-state index in [4.69, 9.17) is 11.6 Å². The molecule has 0 fully saturated rings. The summed E-state index contributed by atoms with van der Waals surface area (Å²) in [5.41, 5.74) is 6.36. The molecule has 3 nitrogen and oxygen atoms in total. The van der Waals surface area contributed by atoms with Crippen LogP contribution in [0.4, 0.5) is 5.69 Å². The Balaban J connectivity index is 2.20. The summed E-state index contributed by atoms with van der Waals surface area (Å²) < 4.78 is 0. The van der Waals surface area contributed by atoms with Gasteiger partial charge in [-0.05, 0) is 36.2 Å². The molecule has 108 valence electrons. The lowest BCUT2D eigenvalue weighted by Gasteiger charge is -2.27. The largest absolute Gasteiger partial charge is 0.298 e. The minimum absolute atomic E-state index is 0.00940. The van der Waals surface area contributed by atoms with Crippen LogP contribution in [0.1, 0.15) is 24.0 Å². The smallest absolute Gasteiger partial charge is 0.154 e. The number of ketones is 1. The fourth-order valence-corrected chi connectivity index (χ4v) is 3.34. The zero-order chi connectivity index (χ0) is 15.0. The number of halogens is 1. The molecule has 0 amide bonds. The van der Waals surface area contributed by atoms with Crippen LogP contribution in [0, 0.1) is 0 Å². The molecule has 2 aromatic carbocycles. The van der Waals surface area contributed by atoms with Gasteiger partial charge < -0.3 is 0 Å². The van der Waals surface area contributed by atoms with Crippen molar-refractivity contribution in [2.24, 2.45) is 0 Å². The van der Waals surface area contributed by atoms with E-state index in [0.717, 1.165) is 16.8 Å². The standard InChI is InChI=1S/C17H17ClN2O/c1-11(21)17-16(12-6-4-3-5-7-12)14-10-13(18)8-9-15(14)20(17)19-2/h3-10,16-17,19H,1-2H3. The molecule has 1 N–H and O–H groups in total. The van der Waals surface area contributed by atoms with Gasteiger partial charge in [0, 0.05) is 18.0 Å². The van der Waals surface area contributed by atoms with Crippen molar-refractivity contribution in [3.8, 4) is 0 Å². The Morgan fingerprint density at radius 1 is 1.19 bits per heavy atom. The van der Waals surface area contributed by atoms with Crippen LogP contribution in [0.3, 0.4) is 0 Å². The number of rotatable bonds is 3. The van der Waals surface area contributed by atoms with Gasteiger partial charge in [-0.15, -0.1) is 0 Å². The Morgan fingerprint density at radius 3 is 2.52 bits per heavy atom. The fraction of sp³-hybridized carbons (Fsp3) is 0.235. The van der Waals surface area contributed by atoms with E-state index in [9.17, 15) is 4.79 Å². The summed E-state index contributed by atoms with van der Waals surface area (Å²) in [7, 11) is 1.84. The Labute approximate surface area is 129 Å². The van der Waals surface area contributed by atoms with Gasteiger partial charge in [0.1, 0.15) is 6.04 Å². The first-order valence-electron chi connectivity index (χ1n) is 6.95. The van der Waals surface area contributed by atoms with Crippen LogP contribution in [0.15, 0.2) is 48.5 Å². The number of fused-ring (bicyclic) bond motifs is 1. The third kappa shape index (κ3) is 2.33. The molecule has 1 aliphatic rings. The van der Waals surface area contributed by atoms with Crippen molar-refractivity contribution in [3.05, 3.63) is 64.7 Å². The van der Waals surface area contributed by atoms with E-state index < -0.39 is 0 Å². The van der Waals surface area contributed by atoms with E-state index in [-0.39, 0.29) is 17.7 Å². The molecule has 0 aromatic heterocycles. The average Bonchev–Trinajstić information content (AvgIpc) is 2.81. The Bertz CT molecular complexity index is 672. The van der Waals surface area contributed by atoms with Crippen molar-refractivity contribution in [1.82, 2.24) is 5.43 Å². The normalized spacial score (nSPS) is 20.4. The van der Waals surface area contributed by atoms with Gasteiger partial charge in [0.15, 0.2) is 5.78 Å². The highest BCUT2D eigenvalue weighted by Gasteiger charge is 2.41. The van der Waals surface area contributed by atoms with Gasteiger partial charge in [-0.2, -0.15) is 0 Å². The maximum atomic E-state index is 12.2. The molecule has 2 atom stereocenters. The third-order valence-corrected chi connectivity index (χ3v) is 4.23.